The Hall–Kier alpha value is -1.79. The van der Waals surface area contributed by atoms with Gasteiger partial charge in [0.25, 0.3) is 0 Å². The molecule has 114 valence electrons. The Balaban J connectivity index is 2.94. The topological polar surface area (TPSA) is 93.1 Å². The fraction of sp³-hybridized carbons (Fsp3) is 0.769. The molecule has 0 bridgehead atoms. The van der Waals surface area contributed by atoms with E-state index in [-0.39, 0.29) is 19.4 Å². The molecular weight excluding hydrogens is 266 g/mol. The SMILES string of the molecule is CCOC(=O)C1CCC(C(=O)O)N1C(=O)OC(C)(C)C. The van der Waals surface area contributed by atoms with Crippen molar-refractivity contribution in [1.29, 1.82) is 0 Å². The van der Waals surface area contributed by atoms with Gasteiger partial charge in [0, 0.05) is 0 Å². The van der Waals surface area contributed by atoms with E-state index < -0.39 is 35.7 Å². The summed E-state index contributed by atoms with van der Waals surface area (Å²) < 4.78 is 10.1. The number of carbonyl (C=O) groups excluding carboxylic acids is 2. The maximum atomic E-state index is 12.1. The van der Waals surface area contributed by atoms with Gasteiger partial charge in [0.1, 0.15) is 17.7 Å². The Labute approximate surface area is 117 Å². The van der Waals surface area contributed by atoms with Gasteiger partial charge in [-0.25, -0.2) is 14.4 Å². The van der Waals surface area contributed by atoms with E-state index in [4.69, 9.17) is 14.6 Å². The van der Waals surface area contributed by atoms with Gasteiger partial charge < -0.3 is 14.6 Å². The third-order valence-electron chi connectivity index (χ3n) is 2.83. The molecular formula is C13H21NO6. The third-order valence-corrected chi connectivity index (χ3v) is 2.83. The van der Waals surface area contributed by atoms with Crippen LogP contribution < -0.4 is 0 Å². The number of nitrogens with zero attached hydrogens (tertiary/aromatic N) is 1. The number of hydrogen-bond acceptors (Lipinski definition) is 5. The first-order chi connectivity index (χ1) is 9.17. The molecule has 0 radical (unpaired) electrons. The fourth-order valence-corrected chi connectivity index (χ4v) is 2.09. The van der Waals surface area contributed by atoms with E-state index in [0.29, 0.717) is 0 Å². The van der Waals surface area contributed by atoms with Crippen molar-refractivity contribution in [1.82, 2.24) is 4.90 Å². The number of ether oxygens (including phenoxy) is 2. The first-order valence-electron chi connectivity index (χ1n) is 6.58. The minimum Gasteiger partial charge on any atom is -0.480 e. The average Bonchev–Trinajstić information content (AvgIpc) is 2.71. The second-order valence-electron chi connectivity index (χ2n) is 5.59. The normalized spacial score (nSPS) is 22.5. The summed E-state index contributed by atoms with van der Waals surface area (Å²) >= 11 is 0. The Morgan fingerprint density at radius 1 is 1.20 bits per heavy atom. The summed E-state index contributed by atoms with van der Waals surface area (Å²) in [5.41, 5.74) is -0.762. The molecule has 7 nitrogen and oxygen atoms in total. The van der Waals surface area contributed by atoms with Crippen molar-refractivity contribution in [2.24, 2.45) is 0 Å². The molecule has 20 heavy (non-hydrogen) atoms. The number of aliphatic carboxylic acids is 1. The van der Waals surface area contributed by atoms with E-state index in [0.717, 1.165) is 4.90 Å². The molecule has 0 aromatic carbocycles. The van der Waals surface area contributed by atoms with Gasteiger partial charge in [-0.05, 0) is 40.5 Å². The summed E-state index contributed by atoms with van der Waals surface area (Å²) in [6, 6.07) is -1.95. The monoisotopic (exact) mass is 287 g/mol. The standard InChI is InChI=1S/C13H21NO6/c1-5-19-11(17)9-7-6-8(10(15)16)14(9)12(18)20-13(2,3)4/h8-9H,5-7H2,1-4H3,(H,15,16). The lowest BCUT2D eigenvalue weighted by Gasteiger charge is -2.30. The highest BCUT2D eigenvalue weighted by Gasteiger charge is 2.46. The molecule has 0 aromatic rings. The number of carboxylic acid groups (broad SMARTS) is 1. The van der Waals surface area contributed by atoms with Crippen LogP contribution in [-0.4, -0.2) is 52.3 Å². The fourth-order valence-electron chi connectivity index (χ4n) is 2.09. The van der Waals surface area contributed by atoms with Gasteiger partial charge in [0.2, 0.25) is 0 Å². The number of esters is 1. The van der Waals surface area contributed by atoms with E-state index >= 15 is 0 Å². The first kappa shape index (κ1) is 16.3. The molecule has 1 fully saturated rings. The minimum absolute atomic E-state index is 0.176. The Kier molecular flexibility index (Phi) is 4.97. The summed E-state index contributed by atoms with van der Waals surface area (Å²) in [5, 5.41) is 9.16. The van der Waals surface area contributed by atoms with Gasteiger partial charge in [-0.2, -0.15) is 0 Å². The summed E-state index contributed by atoms with van der Waals surface area (Å²) in [6.07, 6.45) is -0.340. The molecule has 1 amide bonds. The molecule has 1 rings (SSSR count). The first-order valence-corrected chi connectivity index (χ1v) is 6.58. The van der Waals surface area contributed by atoms with Crippen LogP contribution in [-0.2, 0) is 19.1 Å². The molecule has 0 spiro atoms. The number of amides is 1. The number of carboxylic acids is 1. The van der Waals surface area contributed by atoms with Gasteiger partial charge in [-0.1, -0.05) is 0 Å². The molecule has 0 saturated carbocycles. The van der Waals surface area contributed by atoms with Crippen LogP contribution in [0.25, 0.3) is 0 Å². The minimum atomic E-state index is -1.15. The highest BCUT2D eigenvalue weighted by Crippen LogP contribution is 2.27. The van der Waals surface area contributed by atoms with Crippen LogP contribution in [0.5, 0.6) is 0 Å². The number of rotatable bonds is 3. The van der Waals surface area contributed by atoms with Crippen molar-refractivity contribution >= 4 is 18.0 Å². The third kappa shape index (κ3) is 3.85. The zero-order chi connectivity index (χ0) is 15.5. The highest BCUT2D eigenvalue weighted by atomic mass is 16.6. The molecule has 1 heterocycles. The summed E-state index contributed by atoms with van der Waals surface area (Å²) in [5.74, 6) is -1.75. The smallest absolute Gasteiger partial charge is 0.411 e. The summed E-state index contributed by atoms with van der Waals surface area (Å²) in [6.45, 7) is 6.86. The molecule has 0 aromatic heterocycles. The molecule has 7 heteroatoms. The quantitative estimate of drug-likeness (QED) is 0.789. The largest absolute Gasteiger partial charge is 0.480 e. The average molecular weight is 287 g/mol. The van der Waals surface area contributed by atoms with Gasteiger partial charge in [0.15, 0.2) is 0 Å². The van der Waals surface area contributed by atoms with Gasteiger partial charge >= 0.3 is 18.0 Å². The molecule has 0 aliphatic carbocycles. The Morgan fingerprint density at radius 3 is 2.20 bits per heavy atom. The van der Waals surface area contributed by atoms with E-state index in [1.807, 2.05) is 0 Å². The molecule has 2 unspecified atom stereocenters. The van der Waals surface area contributed by atoms with Crippen molar-refractivity contribution in [3.63, 3.8) is 0 Å². The zero-order valence-electron chi connectivity index (χ0n) is 12.2. The van der Waals surface area contributed by atoms with Crippen molar-refractivity contribution in [2.75, 3.05) is 6.61 Å². The number of carbonyl (C=O) groups is 3. The van der Waals surface area contributed by atoms with Crippen LogP contribution in [0.4, 0.5) is 4.79 Å². The lowest BCUT2D eigenvalue weighted by atomic mass is 10.2. The molecule has 1 aliphatic rings. The van der Waals surface area contributed by atoms with E-state index in [1.54, 1.807) is 27.7 Å². The van der Waals surface area contributed by atoms with Crippen molar-refractivity contribution < 1.29 is 29.0 Å². The van der Waals surface area contributed by atoms with Crippen LogP contribution in [0.2, 0.25) is 0 Å². The Morgan fingerprint density at radius 2 is 1.75 bits per heavy atom. The van der Waals surface area contributed by atoms with Crippen molar-refractivity contribution in [2.45, 2.75) is 58.2 Å². The summed E-state index contributed by atoms with van der Waals surface area (Å²) in [7, 11) is 0. The van der Waals surface area contributed by atoms with E-state index in [1.165, 1.54) is 0 Å². The Bertz CT molecular complexity index is 400. The number of hydrogen-bond donors (Lipinski definition) is 1. The van der Waals surface area contributed by atoms with E-state index in [9.17, 15) is 14.4 Å². The van der Waals surface area contributed by atoms with Crippen LogP contribution in [0, 0.1) is 0 Å². The molecule has 1 saturated heterocycles. The van der Waals surface area contributed by atoms with Crippen molar-refractivity contribution in [3.8, 4) is 0 Å². The van der Waals surface area contributed by atoms with Gasteiger partial charge in [-0.3, -0.25) is 4.90 Å². The van der Waals surface area contributed by atoms with Crippen LogP contribution in [0.15, 0.2) is 0 Å². The lowest BCUT2D eigenvalue weighted by molar-refractivity contribution is -0.150. The van der Waals surface area contributed by atoms with E-state index in [2.05, 4.69) is 0 Å². The van der Waals surface area contributed by atoms with Crippen LogP contribution >= 0.6 is 0 Å². The number of likely N-dealkylation sites (tertiary alicyclic amines) is 1. The predicted octanol–water partition coefficient (Wildman–Crippen LogP) is 1.40. The summed E-state index contributed by atoms with van der Waals surface area (Å²) in [4.78, 5) is 36.1. The highest BCUT2D eigenvalue weighted by molar-refractivity contribution is 5.87. The maximum absolute atomic E-state index is 12.1. The van der Waals surface area contributed by atoms with Gasteiger partial charge in [-0.15, -0.1) is 0 Å². The molecule has 1 aliphatic heterocycles. The molecule has 1 N–H and O–H groups in total. The van der Waals surface area contributed by atoms with Crippen LogP contribution in [0.1, 0.15) is 40.5 Å². The zero-order valence-corrected chi connectivity index (χ0v) is 12.2. The second-order valence-corrected chi connectivity index (χ2v) is 5.59. The van der Waals surface area contributed by atoms with Crippen LogP contribution in [0.3, 0.4) is 0 Å². The maximum Gasteiger partial charge on any atom is 0.411 e. The second kappa shape index (κ2) is 6.11. The molecule has 2 atom stereocenters. The lowest BCUT2D eigenvalue weighted by Crippen LogP contribution is -2.50. The van der Waals surface area contributed by atoms with Crippen molar-refractivity contribution in [3.05, 3.63) is 0 Å². The predicted molar refractivity (Wildman–Crippen MR) is 69.2 cm³/mol. The van der Waals surface area contributed by atoms with Gasteiger partial charge in [0.05, 0.1) is 6.61 Å².